The van der Waals surface area contributed by atoms with Gasteiger partial charge in [-0.3, -0.25) is 4.55 Å². The summed E-state index contributed by atoms with van der Waals surface area (Å²) in [6.07, 6.45) is 0. The quantitative estimate of drug-likeness (QED) is 0.662. The Balaban J connectivity index is 3.02. The predicted octanol–water partition coefficient (Wildman–Crippen LogP) is 0.532. The van der Waals surface area contributed by atoms with Gasteiger partial charge in [0.15, 0.2) is 5.37 Å². The second-order valence-electron chi connectivity index (χ2n) is 2.35. The highest BCUT2D eigenvalue weighted by atomic mass is 32.2. The molecule has 1 aromatic rings. The summed E-state index contributed by atoms with van der Waals surface area (Å²) in [7, 11) is -4.18. The van der Waals surface area contributed by atoms with Gasteiger partial charge in [-0.15, -0.1) is 0 Å². The molecular weight excluding hydrogens is 178 g/mol. The first-order chi connectivity index (χ1) is 5.52. The van der Waals surface area contributed by atoms with E-state index in [9.17, 15) is 8.42 Å². The average molecular weight is 187 g/mol. The zero-order chi connectivity index (χ0) is 9.19. The van der Waals surface area contributed by atoms with Gasteiger partial charge in [-0.2, -0.15) is 8.42 Å². The van der Waals surface area contributed by atoms with E-state index >= 15 is 0 Å². The van der Waals surface area contributed by atoms with Crippen LogP contribution in [0.25, 0.3) is 0 Å². The molecule has 0 saturated carbocycles. The fraction of sp³-hybridized carbons (Fsp3) is 0.143. The van der Waals surface area contributed by atoms with Crippen LogP contribution in [0.1, 0.15) is 10.9 Å². The van der Waals surface area contributed by atoms with Crippen molar-refractivity contribution in [2.45, 2.75) is 5.37 Å². The molecule has 0 bridgehead atoms. The summed E-state index contributed by atoms with van der Waals surface area (Å²) in [5.74, 6) is 0. The van der Waals surface area contributed by atoms with Gasteiger partial charge in [0.1, 0.15) is 0 Å². The molecule has 1 atom stereocenters. The van der Waals surface area contributed by atoms with Gasteiger partial charge in [0, 0.05) is 0 Å². The van der Waals surface area contributed by atoms with Gasteiger partial charge in [0.25, 0.3) is 10.1 Å². The minimum Gasteiger partial charge on any atom is -0.309 e. The van der Waals surface area contributed by atoms with Crippen LogP contribution in [0.5, 0.6) is 0 Å². The molecule has 12 heavy (non-hydrogen) atoms. The Bertz CT molecular complexity index is 346. The maximum Gasteiger partial charge on any atom is 0.285 e. The average Bonchev–Trinajstić information content (AvgIpc) is 2.03. The summed E-state index contributed by atoms with van der Waals surface area (Å²) in [5, 5.41) is -1.35. The van der Waals surface area contributed by atoms with Crippen LogP contribution in [0.4, 0.5) is 0 Å². The molecule has 0 aliphatic rings. The molecule has 3 N–H and O–H groups in total. The Morgan fingerprint density at radius 3 is 2.17 bits per heavy atom. The number of hydrogen-bond donors (Lipinski definition) is 2. The third kappa shape index (κ3) is 2.04. The van der Waals surface area contributed by atoms with E-state index in [2.05, 4.69) is 0 Å². The zero-order valence-electron chi connectivity index (χ0n) is 6.21. The van der Waals surface area contributed by atoms with Crippen molar-refractivity contribution in [2.24, 2.45) is 5.73 Å². The molecule has 0 aliphatic heterocycles. The van der Waals surface area contributed by atoms with E-state index in [1.54, 1.807) is 30.3 Å². The van der Waals surface area contributed by atoms with Crippen LogP contribution in [0, 0.1) is 0 Å². The van der Waals surface area contributed by atoms with E-state index in [1.807, 2.05) is 0 Å². The van der Waals surface area contributed by atoms with Gasteiger partial charge < -0.3 is 5.73 Å². The number of benzene rings is 1. The normalized spacial score (nSPS) is 14.2. The van der Waals surface area contributed by atoms with Crippen molar-refractivity contribution in [1.82, 2.24) is 0 Å². The zero-order valence-corrected chi connectivity index (χ0v) is 7.03. The van der Waals surface area contributed by atoms with Gasteiger partial charge in [-0.05, 0) is 5.56 Å². The lowest BCUT2D eigenvalue weighted by atomic mass is 10.2. The van der Waals surface area contributed by atoms with Gasteiger partial charge in [-0.1, -0.05) is 30.3 Å². The summed E-state index contributed by atoms with van der Waals surface area (Å²) in [6, 6.07) is 8.12. The van der Waals surface area contributed by atoms with Crippen LogP contribution in [-0.4, -0.2) is 13.0 Å². The second-order valence-corrected chi connectivity index (χ2v) is 3.88. The third-order valence-electron chi connectivity index (χ3n) is 1.45. The van der Waals surface area contributed by atoms with Crippen molar-refractivity contribution in [2.75, 3.05) is 0 Å². The third-order valence-corrected chi connectivity index (χ3v) is 2.36. The molecule has 1 aromatic carbocycles. The Morgan fingerprint density at radius 2 is 1.75 bits per heavy atom. The summed E-state index contributed by atoms with van der Waals surface area (Å²) >= 11 is 0. The summed E-state index contributed by atoms with van der Waals surface area (Å²) in [5.41, 5.74) is 5.61. The molecule has 0 spiro atoms. The Hall–Kier alpha value is -0.910. The molecule has 0 amide bonds. The standard InChI is InChI=1S/C7H9NO3S/c8-7(12(9,10)11)6-4-2-1-3-5-6/h1-5,7H,8H2,(H,9,10,11). The molecule has 0 aromatic heterocycles. The van der Waals surface area contributed by atoms with Crippen LogP contribution in [0.2, 0.25) is 0 Å². The molecule has 0 heterocycles. The molecule has 66 valence electrons. The molecule has 4 nitrogen and oxygen atoms in total. The fourth-order valence-corrected chi connectivity index (χ4v) is 1.32. The first kappa shape index (κ1) is 9.18. The van der Waals surface area contributed by atoms with E-state index in [0.717, 1.165) is 0 Å². The minimum atomic E-state index is -4.18. The van der Waals surface area contributed by atoms with Crippen molar-refractivity contribution in [3.8, 4) is 0 Å². The maximum atomic E-state index is 10.6. The van der Waals surface area contributed by atoms with E-state index < -0.39 is 15.5 Å². The molecule has 0 aliphatic carbocycles. The predicted molar refractivity (Wildman–Crippen MR) is 44.9 cm³/mol. The van der Waals surface area contributed by atoms with Crippen molar-refractivity contribution in [3.63, 3.8) is 0 Å². The first-order valence-corrected chi connectivity index (χ1v) is 4.79. The van der Waals surface area contributed by atoms with Crippen molar-refractivity contribution in [3.05, 3.63) is 35.9 Å². The lowest BCUT2D eigenvalue weighted by Crippen LogP contribution is -2.20. The highest BCUT2D eigenvalue weighted by Gasteiger charge is 2.18. The number of rotatable bonds is 2. The topological polar surface area (TPSA) is 80.4 Å². The van der Waals surface area contributed by atoms with Crippen LogP contribution in [-0.2, 0) is 10.1 Å². The van der Waals surface area contributed by atoms with E-state index in [-0.39, 0.29) is 0 Å². The molecule has 0 radical (unpaired) electrons. The van der Waals surface area contributed by atoms with Crippen molar-refractivity contribution < 1.29 is 13.0 Å². The molecule has 1 rings (SSSR count). The Labute approximate surface area is 70.8 Å². The largest absolute Gasteiger partial charge is 0.309 e. The van der Waals surface area contributed by atoms with Gasteiger partial charge in [-0.25, -0.2) is 0 Å². The van der Waals surface area contributed by atoms with Crippen LogP contribution >= 0.6 is 0 Å². The molecular formula is C7H9NO3S. The highest BCUT2D eigenvalue weighted by molar-refractivity contribution is 7.86. The SMILES string of the molecule is NC(c1ccccc1)S(=O)(=O)O. The monoisotopic (exact) mass is 187 g/mol. The first-order valence-electron chi connectivity index (χ1n) is 3.28. The summed E-state index contributed by atoms with van der Waals surface area (Å²) < 4.78 is 29.7. The molecule has 1 unspecified atom stereocenters. The van der Waals surface area contributed by atoms with Crippen LogP contribution in [0.3, 0.4) is 0 Å². The van der Waals surface area contributed by atoms with E-state index in [1.165, 1.54) is 0 Å². The number of hydrogen-bond acceptors (Lipinski definition) is 3. The van der Waals surface area contributed by atoms with Crippen LogP contribution in [0.15, 0.2) is 30.3 Å². The highest BCUT2D eigenvalue weighted by Crippen LogP contribution is 2.13. The Kier molecular flexibility index (Phi) is 2.46. The molecule has 0 saturated heterocycles. The Morgan fingerprint density at radius 1 is 1.25 bits per heavy atom. The second kappa shape index (κ2) is 3.22. The van der Waals surface area contributed by atoms with Crippen LogP contribution < -0.4 is 5.73 Å². The molecule has 0 fully saturated rings. The summed E-state index contributed by atoms with van der Waals surface area (Å²) in [6.45, 7) is 0. The maximum absolute atomic E-state index is 10.6. The van der Waals surface area contributed by atoms with E-state index in [4.69, 9.17) is 10.3 Å². The van der Waals surface area contributed by atoms with Crippen molar-refractivity contribution in [1.29, 1.82) is 0 Å². The smallest absolute Gasteiger partial charge is 0.285 e. The lowest BCUT2D eigenvalue weighted by Gasteiger charge is -2.06. The number of nitrogens with two attached hydrogens (primary N) is 1. The summed E-state index contributed by atoms with van der Waals surface area (Å²) in [4.78, 5) is 0. The van der Waals surface area contributed by atoms with Crippen molar-refractivity contribution >= 4 is 10.1 Å². The van der Waals surface area contributed by atoms with E-state index in [0.29, 0.717) is 5.56 Å². The lowest BCUT2D eigenvalue weighted by molar-refractivity contribution is 0.470. The van der Waals surface area contributed by atoms with Gasteiger partial charge >= 0.3 is 0 Å². The fourth-order valence-electron chi connectivity index (χ4n) is 0.815. The van der Waals surface area contributed by atoms with Gasteiger partial charge in [0.05, 0.1) is 0 Å². The minimum absolute atomic E-state index is 0.375. The van der Waals surface area contributed by atoms with Gasteiger partial charge in [0.2, 0.25) is 0 Å². The molecule has 5 heteroatoms.